The monoisotopic (exact) mass is 472 g/mol. The van der Waals surface area contributed by atoms with Crippen molar-refractivity contribution in [2.45, 2.75) is 44.8 Å². The van der Waals surface area contributed by atoms with E-state index < -0.39 is 6.04 Å². The highest BCUT2D eigenvalue weighted by Gasteiger charge is 2.37. The highest BCUT2D eigenvalue weighted by molar-refractivity contribution is 6.01. The molecule has 5 nitrogen and oxygen atoms in total. The fraction of sp³-hybridized carbons (Fsp3) is 0.276. The second kappa shape index (κ2) is 9.45. The van der Waals surface area contributed by atoms with Gasteiger partial charge in [0.2, 0.25) is 0 Å². The van der Waals surface area contributed by atoms with Crippen molar-refractivity contribution in [3.63, 3.8) is 0 Å². The number of carbonyl (C=O) groups is 1. The second-order valence-corrected chi connectivity index (χ2v) is 9.27. The van der Waals surface area contributed by atoms with E-state index in [4.69, 9.17) is 9.47 Å². The van der Waals surface area contributed by atoms with E-state index in [1.165, 1.54) is 12.1 Å². The van der Waals surface area contributed by atoms with E-state index >= 15 is 0 Å². The SMILES string of the molecule is COc1cccc(C2Nc3ccccc3NC3=C2C(=O)CC(c2ccc(F)cc2)C3)c1OC(C)C. The zero-order valence-electron chi connectivity index (χ0n) is 20.1. The molecule has 2 aliphatic rings. The van der Waals surface area contributed by atoms with Gasteiger partial charge in [-0.2, -0.15) is 0 Å². The van der Waals surface area contributed by atoms with Crippen molar-refractivity contribution in [2.75, 3.05) is 17.7 Å². The predicted octanol–water partition coefficient (Wildman–Crippen LogP) is 6.60. The molecule has 0 spiro atoms. The molecule has 1 aliphatic heterocycles. The molecule has 1 aliphatic carbocycles. The lowest BCUT2D eigenvalue weighted by atomic mass is 9.78. The summed E-state index contributed by atoms with van der Waals surface area (Å²) < 4.78 is 25.4. The molecular weight excluding hydrogens is 443 g/mol. The van der Waals surface area contributed by atoms with Crippen molar-refractivity contribution in [1.82, 2.24) is 0 Å². The summed E-state index contributed by atoms with van der Waals surface area (Å²) in [5, 5.41) is 7.15. The maximum absolute atomic E-state index is 13.8. The molecule has 1 heterocycles. The summed E-state index contributed by atoms with van der Waals surface area (Å²) in [6.07, 6.45) is 0.925. The summed E-state index contributed by atoms with van der Waals surface area (Å²) in [4.78, 5) is 13.8. The Bertz CT molecular complexity index is 1280. The summed E-state index contributed by atoms with van der Waals surface area (Å²) in [7, 11) is 1.62. The Morgan fingerprint density at radius 3 is 2.40 bits per heavy atom. The first-order valence-corrected chi connectivity index (χ1v) is 11.9. The lowest BCUT2D eigenvalue weighted by Crippen LogP contribution is -2.27. The molecule has 3 aromatic carbocycles. The van der Waals surface area contributed by atoms with Crippen molar-refractivity contribution in [2.24, 2.45) is 0 Å². The van der Waals surface area contributed by atoms with Crippen molar-refractivity contribution >= 4 is 17.2 Å². The van der Waals surface area contributed by atoms with Gasteiger partial charge in [-0.05, 0) is 62.1 Å². The first-order valence-electron chi connectivity index (χ1n) is 11.9. The molecule has 0 saturated carbocycles. The lowest BCUT2D eigenvalue weighted by molar-refractivity contribution is -0.116. The van der Waals surface area contributed by atoms with Crippen LogP contribution in [0.1, 0.15) is 49.8 Å². The lowest BCUT2D eigenvalue weighted by Gasteiger charge is -2.31. The fourth-order valence-corrected chi connectivity index (χ4v) is 4.98. The van der Waals surface area contributed by atoms with E-state index in [0.29, 0.717) is 29.9 Å². The molecule has 2 N–H and O–H groups in total. The van der Waals surface area contributed by atoms with Gasteiger partial charge in [-0.1, -0.05) is 36.4 Å². The Morgan fingerprint density at radius 1 is 0.943 bits per heavy atom. The van der Waals surface area contributed by atoms with Gasteiger partial charge in [0.15, 0.2) is 17.3 Å². The van der Waals surface area contributed by atoms with Crippen LogP contribution >= 0.6 is 0 Å². The number of para-hydroxylation sites is 3. The molecule has 0 amide bonds. The molecule has 0 bridgehead atoms. The number of nitrogens with one attached hydrogen (secondary N) is 2. The molecule has 35 heavy (non-hydrogen) atoms. The molecule has 6 heteroatoms. The van der Waals surface area contributed by atoms with Crippen LogP contribution < -0.4 is 20.1 Å². The minimum absolute atomic E-state index is 0.0306. The predicted molar refractivity (Wildman–Crippen MR) is 136 cm³/mol. The highest BCUT2D eigenvalue weighted by atomic mass is 19.1. The van der Waals surface area contributed by atoms with E-state index in [2.05, 4.69) is 10.6 Å². The Labute approximate surface area is 205 Å². The van der Waals surface area contributed by atoms with Gasteiger partial charge < -0.3 is 20.1 Å². The number of benzene rings is 3. The Kier molecular flexibility index (Phi) is 6.20. The molecule has 3 aromatic rings. The van der Waals surface area contributed by atoms with E-state index in [9.17, 15) is 9.18 Å². The molecule has 2 atom stereocenters. The number of hydrogen-bond acceptors (Lipinski definition) is 5. The third-order valence-corrected chi connectivity index (χ3v) is 6.54. The minimum atomic E-state index is -0.424. The summed E-state index contributed by atoms with van der Waals surface area (Å²) in [6, 6.07) is 19.7. The third kappa shape index (κ3) is 4.48. The van der Waals surface area contributed by atoms with Crippen LogP contribution in [-0.2, 0) is 4.79 Å². The van der Waals surface area contributed by atoms with Gasteiger partial charge in [0.1, 0.15) is 5.82 Å². The Hall–Kier alpha value is -3.80. The van der Waals surface area contributed by atoms with Gasteiger partial charge in [0, 0.05) is 23.3 Å². The number of halogens is 1. The number of fused-ring (bicyclic) bond motifs is 1. The molecule has 0 fully saturated rings. The van der Waals surface area contributed by atoms with Crippen molar-refractivity contribution in [3.8, 4) is 11.5 Å². The molecule has 5 rings (SSSR count). The molecule has 0 saturated heterocycles. The smallest absolute Gasteiger partial charge is 0.167 e. The number of hydrogen-bond donors (Lipinski definition) is 2. The normalized spacial score (nSPS) is 19.3. The number of allylic oxidation sites excluding steroid dienone is 1. The number of methoxy groups -OCH3 is 1. The van der Waals surface area contributed by atoms with Gasteiger partial charge >= 0.3 is 0 Å². The summed E-state index contributed by atoms with van der Waals surface area (Å²) in [5.74, 6) is 0.992. The van der Waals surface area contributed by atoms with Crippen LogP contribution in [0.5, 0.6) is 11.5 Å². The van der Waals surface area contributed by atoms with Crippen molar-refractivity contribution in [3.05, 3.63) is 94.9 Å². The fourth-order valence-electron chi connectivity index (χ4n) is 4.98. The highest BCUT2D eigenvalue weighted by Crippen LogP contribution is 2.47. The van der Waals surface area contributed by atoms with Crippen molar-refractivity contribution in [1.29, 1.82) is 0 Å². The maximum Gasteiger partial charge on any atom is 0.167 e. The van der Waals surface area contributed by atoms with E-state index in [1.807, 2.05) is 56.3 Å². The van der Waals surface area contributed by atoms with Gasteiger partial charge in [0.05, 0.1) is 30.6 Å². The van der Waals surface area contributed by atoms with Crippen LogP contribution in [0.4, 0.5) is 15.8 Å². The average Bonchev–Trinajstić information content (AvgIpc) is 3.01. The maximum atomic E-state index is 13.8. The van der Waals surface area contributed by atoms with Gasteiger partial charge in [0.25, 0.3) is 0 Å². The van der Waals surface area contributed by atoms with Gasteiger partial charge in [-0.15, -0.1) is 0 Å². The minimum Gasteiger partial charge on any atom is -0.493 e. The standard InChI is InChI=1S/C29H29FN2O3/c1-17(2)35-29-21(7-6-10-26(29)34-3)28-27-24(31-22-8-4-5-9-23(22)32-28)15-19(16-25(27)33)18-11-13-20(30)14-12-18/h4-14,17,19,28,31-32H,15-16H2,1-3H3. The molecular formula is C29H29FN2O3. The van der Waals surface area contributed by atoms with Gasteiger partial charge in [-0.25, -0.2) is 4.39 Å². The molecule has 2 unspecified atom stereocenters. The summed E-state index contributed by atoms with van der Waals surface area (Å²) in [5.41, 5.74) is 5.18. The first kappa shape index (κ1) is 23.0. The zero-order valence-corrected chi connectivity index (χ0v) is 20.1. The number of anilines is 2. The number of ketones is 1. The van der Waals surface area contributed by atoms with E-state index in [-0.39, 0.29) is 23.6 Å². The number of rotatable bonds is 5. The second-order valence-electron chi connectivity index (χ2n) is 9.27. The topological polar surface area (TPSA) is 59.6 Å². The number of carbonyl (C=O) groups excluding carboxylic acids is 1. The quantitative estimate of drug-likeness (QED) is 0.438. The Morgan fingerprint density at radius 2 is 1.69 bits per heavy atom. The summed E-state index contributed by atoms with van der Waals surface area (Å²) in [6.45, 7) is 3.94. The molecule has 0 aromatic heterocycles. The van der Waals surface area contributed by atoms with Crippen LogP contribution in [0.15, 0.2) is 78.0 Å². The van der Waals surface area contributed by atoms with Gasteiger partial charge in [-0.3, -0.25) is 4.79 Å². The Balaban J connectivity index is 1.65. The van der Waals surface area contributed by atoms with E-state index in [0.717, 1.165) is 28.2 Å². The van der Waals surface area contributed by atoms with Crippen LogP contribution in [0.25, 0.3) is 0 Å². The van der Waals surface area contributed by atoms with Crippen molar-refractivity contribution < 1.29 is 18.7 Å². The summed E-state index contributed by atoms with van der Waals surface area (Å²) >= 11 is 0. The third-order valence-electron chi connectivity index (χ3n) is 6.54. The molecule has 0 radical (unpaired) electrons. The van der Waals surface area contributed by atoms with Crippen LogP contribution in [0.3, 0.4) is 0 Å². The number of ether oxygens (including phenoxy) is 2. The largest absolute Gasteiger partial charge is 0.493 e. The molecule has 180 valence electrons. The van der Waals surface area contributed by atoms with Crippen LogP contribution in [-0.4, -0.2) is 19.0 Å². The number of Topliss-reactive ketones (excluding diaryl/α,β-unsaturated/α-hetero) is 1. The van der Waals surface area contributed by atoms with Crippen LogP contribution in [0, 0.1) is 5.82 Å². The van der Waals surface area contributed by atoms with E-state index in [1.54, 1.807) is 19.2 Å². The van der Waals surface area contributed by atoms with Crippen LogP contribution in [0.2, 0.25) is 0 Å². The first-order chi connectivity index (χ1) is 16.9. The zero-order chi connectivity index (χ0) is 24.5. The average molecular weight is 473 g/mol.